The van der Waals surface area contributed by atoms with E-state index in [1.54, 1.807) is 0 Å². The lowest BCUT2D eigenvalue weighted by Crippen LogP contribution is -2.40. The second-order valence-corrected chi connectivity index (χ2v) is 5.56. The Morgan fingerprint density at radius 2 is 2.06 bits per heavy atom. The molecule has 2 N–H and O–H groups in total. The van der Waals surface area contributed by atoms with Gasteiger partial charge in [0.1, 0.15) is 0 Å². The van der Waals surface area contributed by atoms with Crippen molar-refractivity contribution in [3.05, 3.63) is 0 Å². The van der Waals surface area contributed by atoms with Crippen molar-refractivity contribution in [1.82, 2.24) is 4.90 Å². The van der Waals surface area contributed by atoms with Crippen molar-refractivity contribution >= 4 is 0 Å². The normalized spacial score (nSPS) is 30.8. The van der Waals surface area contributed by atoms with Crippen molar-refractivity contribution in [3.8, 4) is 0 Å². The van der Waals surface area contributed by atoms with Crippen LogP contribution in [0.2, 0.25) is 0 Å². The Hall–Kier alpha value is -0.120. The summed E-state index contributed by atoms with van der Waals surface area (Å²) in [6.45, 7) is 7.89. The molecular weight excluding hydrogens is 200 g/mol. The van der Waals surface area contributed by atoms with E-state index >= 15 is 0 Å². The van der Waals surface area contributed by atoms with E-state index in [4.69, 9.17) is 10.5 Å². The van der Waals surface area contributed by atoms with Gasteiger partial charge in [-0.1, -0.05) is 0 Å². The summed E-state index contributed by atoms with van der Waals surface area (Å²) < 4.78 is 5.41. The summed E-state index contributed by atoms with van der Waals surface area (Å²) in [5.74, 6) is 1.58. The molecule has 2 rings (SSSR count). The van der Waals surface area contributed by atoms with Crippen molar-refractivity contribution in [2.24, 2.45) is 17.6 Å². The van der Waals surface area contributed by atoms with Gasteiger partial charge in [0.2, 0.25) is 0 Å². The number of likely N-dealkylation sites (tertiary alicyclic amines) is 1. The van der Waals surface area contributed by atoms with E-state index in [-0.39, 0.29) is 0 Å². The van der Waals surface area contributed by atoms with Crippen LogP contribution in [0.3, 0.4) is 0 Å². The average molecular weight is 226 g/mol. The molecule has 3 nitrogen and oxygen atoms in total. The van der Waals surface area contributed by atoms with Crippen LogP contribution >= 0.6 is 0 Å². The number of hydrogen-bond donors (Lipinski definition) is 1. The zero-order valence-electron chi connectivity index (χ0n) is 10.5. The molecule has 2 atom stereocenters. The molecule has 2 aliphatic heterocycles. The van der Waals surface area contributed by atoms with Gasteiger partial charge < -0.3 is 15.4 Å². The van der Waals surface area contributed by atoms with Gasteiger partial charge in [0.25, 0.3) is 0 Å². The Balaban J connectivity index is 1.61. The van der Waals surface area contributed by atoms with Crippen molar-refractivity contribution in [3.63, 3.8) is 0 Å². The number of nitrogens with zero attached hydrogens (tertiary/aromatic N) is 1. The van der Waals surface area contributed by atoms with E-state index in [0.717, 1.165) is 25.0 Å². The highest BCUT2D eigenvalue weighted by atomic mass is 16.5. The van der Waals surface area contributed by atoms with Crippen molar-refractivity contribution in [2.75, 3.05) is 32.8 Å². The van der Waals surface area contributed by atoms with Gasteiger partial charge in [0.15, 0.2) is 0 Å². The summed E-state index contributed by atoms with van der Waals surface area (Å²) in [7, 11) is 0. The fraction of sp³-hybridized carbons (Fsp3) is 1.00. The third-order valence-corrected chi connectivity index (χ3v) is 4.25. The van der Waals surface area contributed by atoms with Gasteiger partial charge in [-0.25, -0.2) is 0 Å². The molecule has 2 unspecified atom stereocenters. The number of piperidine rings is 1. The van der Waals surface area contributed by atoms with E-state index in [1.807, 2.05) is 0 Å². The van der Waals surface area contributed by atoms with E-state index < -0.39 is 0 Å². The molecule has 2 aliphatic rings. The highest BCUT2D eigenvalue weighted by molar-refractivity contribution is 4.78. The first-order valence-corrected chi connectivity index (χ1v) is 6.81. The zero-order chi connectivity index (χ0) is 11.4. The summed E-state index contributed by atoms with van der Waals surface area (Å²) in [5, 5.41) is 0. The maximum atomic E-state index is 5.95. The summed E-state index contributed by atoms with van der Waals surface area (Å²) in [6.07, 6.45) is 5.18. The maximum Gasteiger partial charge on any atom is 0.0495 e. The molecule has 0 saturated carbocycles. The highest BCUT2D eigenvalue weighted by Gasteiger charge is 2.23. The maximum absolute atomic E-state index is 5.95. The Morgan fingerprint density at radius 3 is 2.62 bits per heavy atom. The fourth-order valence-corrected chi connectivity index (χ4v) is 2.88. The van der Waals surface area contributed by atoms with Crippen LogP contribution < -0.4 is 5.73 Å². The molecule has 0 aromatic carbocycles. The van der Waals surface area contributed by atoms with E-state index in [0.29, 0.717) is 6.04 Å². The summed E-state index contributed by atoms with van der Waals surface area (Å²) in [5.41, 5.74) is 5.95. The SMILES string of the molecule is CC(N)C1CCN(CCC2CCOC2)CC1. The summed E-state index contributed by atoms with van der Waals surface area (Å²) in [6, 6.07) is 0.380. The predicted molar refractivity (Wildman–Crippen MR) is 66.4 cm³/mol. The minimum Gasteiger partial charge on any atom is -0.381 e. The second kappa shape index (κ2) is 5.99. The average Bonchev–Trinajstić information content (AvgIpc) is 2.80. The minimum absolute atomic E-state index is 0.380. The fourth-order valence-electron chi connectivity index (χ4n) is 2.88. The number of hydrogen-bond acceptors (Lipinski definition) is 3. The highest BCUT2D eigenvalue weighted by Crippen LogP contribution is 2.22. The lowest BCUT2D eigenvalue weighted by Gasteiger charge is -2.34. The Kier molecular flexibility index (Phi) is 4.62. The molecule has 94 valence electrons. The van der Waals surface area contributed by atoms with Gasteiger partial charge >= 0.3 is 0 Å². The molecule has 0 aliphatic carbocycles. The lowest BCUT2D eigenvalue weighted by molar-refractivity contribution is 0.153. The van der Waals surface area contributed by atoms with Crippen LogP contribution in [-0.2, 0) is 4.74 Å². The standard InChI is InChI=1S/C13H26N2O/c1-11(14)13-3-7-15(8-4-13)6-2-12-5-9-16-10-12/h11-13H,2-10,14H2,1H3. The van der Waals surface area contributed by atoms with Crippen LogP contribution in [-0.4, -0.2) is 43.8 Å². The van der Waals surface area contributed by atoms with Crippen LogP contribution in [0.15, 0.2) is 0 Å². The Labute approximate surface area is 99.3 Å². The quantitative estimate of drug-likeness (QED) is 0.789. The van der Waals surface area contributed by atoms with E-state index in [1.165, 1.54) is 45.3 Å². The molecule has 2 saturated heterocycles. The molecule has 0 amide bonds. The van der Waals surface area contributed by atoms with Crippen molar-refractivity contribution in [2.45, 2.75) is 38.6 Å². The van der Waals surface area contributed by atoms with Crippen LogP contribution in [0.4, 0.5) is 0 Å². The van der Waals surface area contributed by atoms with Gasteiger partial charge in [-0.15, -0.1) is 0 Å². The molecule has 16 heavy (non-hydrogen) atoms. The van der Waals surface area contributed by atoms with Crippen molar-refractivity contribution < 1.29 is 4.74 Å². The second-order valence-electron chi connectivity index (χ2n) is 5.56. The van der Waals surface area contributed by atoms with Gasteiger partial charge in [-0.3, -0.25) is 0 Å². The lowest BCUT2D eigenvalue weighted by atomic mass is 9.90. The third kappa shape index (κ3) is 3.44. The van der Waals surface area contributed by atoms with Crippen molar-refractivity contribution in [1.29, 1.82) is 0 Å². The first kappa shape index (κ1) is 12.3. The van der Waals surface area contributed by atoms with Crippen LogP contribution in [0.5, 0.6) is 0 Å². The molecule has 0 aromatic heterocycles. The van der Waals surface area contributed by atoms with Crippen LogP contribution in [0, 0.1) is 11.8 Å². The van der Waals surface area contributed by atoms with Gasteiger partial charge in [-0.05, 0) is 64.1 Å². The molecule has 2 fully saturated rings. The molecule has 0 aromatic rings. The van der Waals surface area contributed by atoms with Gasteiger partial charge in [0.05, 0.1) is 0 Å². The first-order chi connectivity index (χ1) is 7.75. The van der Waals surface area contributed by atoms with E-state index in [9.17, 15) is 0 Å². The molecule has 0 bridgehead atoms. The van der Waals surface area contributed by atoms with E-state index in [2.05, 4.69) is 11.8 Å². The largest absolute Gasteiger partial charge is 0.381 e. The Morgan fingerprint density at radius 1 is 1.31 bits per heavy atom. The summed E-state index contributed by atoms with van der Waals surface area (Å²) in [4.78, 5) is 2.61. The van der Waals surface area contributed by atoms with Gasteiger partial charge in [0, 0.05) is 19.3 Å². The topological polar surface area (TPSA) is 38.5 Å². The minimum atomic E-state index is 0.380. The molecule has 3 heteroatoms. The van der Waals surface area contributed by atoms with Crippen LogP contribution in [0.25, 0.3) is 0 Å². The number of ether oxygens (including phenoxy) is 1. The third-order valence-electron chi connectivity index (χ3n) is 4.25. The molecule has 0 radical (unpaired) electrons. The molecular formula is C13H26N2O. The molecule has 0 spiro atoms. The zero-order valence-corrected chi connectivity index (χ0v) is 10.5. The monoisotopic (exact) mass is 226 g/mol. The predicted octanol–water partition coefficient (Wildman–Crippen LogP) is 1.47. The number of rotatable bonds is 4. The smallest absolute Gasteiger partial charge is 0.0495 e. The number of nitrogens with two attached hydrogens (primary N) is 1. The van der Waals surface area contributed by atoms with Gasteiger partial charge in [-0.2, -0.15) is 0 Å². The summed E-state index contributed by atoms with van der Waals surface area (Å²) >= 11 is 0. The van der Waals surface area contributed by atoms with Crippen LogP contribution in [0.1, 0.15) is 32.6 Å². The Bertz CT molecular complexity index is 194. The molecule has 2 heterocycles. The first-order valence-electron chi connectivity index (χ1n) is 6.81.